The maximum absolute atomic E-state index is 6.35. The Hall–Kier alpha value is -0.640. The van der Waals surface area contributed by atoms with Crippen molar-refractivity contribution in [3.8, 4) is 0 Å². The van der Waals surface area contributed by atoms with Crippen LogP contribution in [0.3, 0.4) is 0 Å². The van der Waals surface area contributed by atoms with Gasteiger partial charge in [-0.05, 0) is 61.5 Å². The van der Waals surface area contributed by atoms with Gasteiger partial charge in [0.1, 0.15) is 0 Å². The zero-order chi connectivity index (χ0) is 17.1. The molecule has 1 heterocycles. The fourth-order valence-electron chi connectivity index (χ4n) is 6.65. The number of hydrogen-bond donors (Lipinski definition) is 0. The largest absolute Gasteiger partial charge is 0.378 e. The molecule has 4 atom stereocenters. The standard InChI is InChI=1S/C22H32O3/c1-3-23-19-13-15-14-22(24-11-12-25-22)10-7-16(15)17-6-9-21(2)8-4-5-18(21)20(17)19/h6,18-20H,3-5,7-14H2,1-2H3/t18-,19?,20+,21-/m0/s1. The van der Waals surface area contributed by atoms with E-state index in [1.807, 2.05) is 0 Å². The van der Waals surface area contributed by atoms with Crippen molar-refractivity contribution in [2.45, 2.75) is 77.1 Å². The average molecular weight is 344 g/mol. The second kappa shape index (κ2) is 5.94. The molecule has 2 fully saturated rings. The first kappa shape index (κ1) is 16.5. The zero-order valence-corrected chi connectivity index (χ0v) is 15.8. The predicted molar refractivity (Wildman–Crippen MR) is 97.2 cm³/mol. The van der Waals surface area contributed by atoms with E-state index in [0.717, 1.165) is 51.4 Å². The smallest absolute Gasteiger partial charge is 0.172 e. The first-order chi connectivity index (χ1) is 12.1. The average Bonchev–Trinajstić information content (AvgIpc) is 3.21. The van der Waals surface area contributed by atoms with E-state index in [1.54, 1.807) is 16.7 Å². The Kier molecular flexibility index (Phi) is 3.92. The van der Waals surface area contributed by atoms with Crippen molar-refractivity contribution in [3.63, 3.8) is 0 Å². The highest BCUT2D eigenvalue weighted by Gasteiger charge is 2.53. The quantitative estimate of drug-likeness (QED) is 0.722. The van der Waals surface area contributed by atoms with Gasteiger partial charge in [0.05, 0.1) is 19.3 Å². The molecule has 1 aliphatic heterocycles. The third kappa shape index (κ3) is 2.49. The SMILES string of the molecule is CCOC1CC2=C(CCC3(C2)OCCO3)C2=CC[C@]3(C)CCC[C@H]3[C@@H]21. The molecule has 0 aromatic carbocycles. The molecule has 0 bridgehead atoms. The Bertz CT molecular complexity index is 613. The molecule has 0 aromatic rings. The molecular weight excluding hydrogens is 312 g/mol. The molecule has 3 nitrogen and oxygen atoms in total. The summed E-state index contributed by atoms with van der Waals surface area (Å²) in [6.45, 7) is 7.00. The van der Waals surface area contributed by atoms with Gasteiger partial charge in [0.25, 0.3) is 0 Å². The second-order valence-corrected chi connectivity index (χ2v) is 9.11. The van der Waals surface area contributed by atoms with Crippen molar-refractivity contribution in [2.24, 2.45) is 17.3 Å². The summed E-state index contributed by atoms with van der Waals surface area (Å²) >= 11 is 0. The first-order valence-corrected chi connectivity index (χ1v) is 10.4. The van der Waals surface area contributed by atoms with Gasteiger partial charge in [-0.3, -0.25) is 0 Å². The Morgan fingerprint density at radius 3 is 2.88 bits per heavy atom. The minimum atomic E-state index is -0.320. The monoisotopic (exact) mass is 344 g/mol. The Morgan fingerprint density at radius 1 is 1.24 bits per heavy atom. The molecule has 1 saturated carbocycles. The van der Waals surface area contributed by atoms with Crippen LogP contribution in [0.1, 0.15) is 65.2 Å². The topological polar surface area (TPSA) is 27.7 Å². The van der Waals surface area contributed by atoms with Gasteiger partial charge in [-0.2, -0.15) is 0 Å². The zero-order valence-electron chi connectivity index (χ0n) is 15.8. The van der Waals surface area contributed by atoms with Gasteiger partial charge in [0.2, 0.25) is 0 Å². The molecule has 0 aromatic heterocycles. The van der Waals surface area contributed by atoms with Crippen molar-refractivity contribution in [1.82, 2.24) is 0 Å². The van der Waals surface area contributed by atoms with Gasteiger partial charge in [0, 0.05) is 25.4 Å². The Labute approximate surface area is 151 Å². The number of ether oxygens (including phenoxy) is 3. The lowest BCUT2D eigenvalue weighted by Gasteiger charge is -2.50. The van der Waals surface area contributed by atoms with Crippen molar-refractivity contribution in [3.05, 3.63) is 22.8 Å². The van der Waals surface area contributed by atoms with Crippen molar-refractivity contribution in [1.29, 1.82) is 0 Å². The summed E-state index contributed by atoms with van der Waals surface area (Å²) in [5.41, 5.74) is 5.38. The molecule has 1 unspecified atom stereocenters. The highest BCUT2D eigenvalue weighted by Crippen LogP contribution is 2.60. The van der Waals surface area contributed by atoms with Gasteiger partial charge >= 0.3 is 0 Å². The summed E-state index contributed by atoms with van der Waals surface area (Å²) in [6.07, 6.45) is 12.6. The van der Waals surface area contributed by atoms with E-state index in [1.165, 1.54) is 25.7 Å². The van der Waals surface area contributed by atoms with Gasteiger partial charge in [-0.15, -0.1) is 0 Å². The van der Waals surface area contributed by atoms with E-state index in [2.05, 4.69) is 19.9 Å². The summed E-state index contributed by atoms with van der Waals surface area (Å²) in [5.74, 6) is 1.12. The summed E-state index contributed by atoms with van der Waals surface area (Å²) in [4.78, 5) is 0. The van der Waals surface area contributed by atoms with Crippen LogP contribution in [0.4, 0.5) is 0 Å². The van der Waals surface area contributed by atoms with Gasteiger partial charge in [-0.25, -0.2) is 0 Å². The van der Waals surface area contributed by atoms with E-state index in [-0.39, 0.29) is 5.79 Å². The molecule has 1 spiro atoms. The molecule has 1 saturated heterocycles. The van der Waals surface area contributed by atoms with Crippen LogP contribution in [0.5, 0.6) is 0 Å². The van der Waals surface area contributed by atoms with Gasteiger partial charge in [-0.1, -0.05) is 25.0 Å². The summed E-state index contributed by atoms with van der Waals surface area (Å²) in [6, 6.07) is 0. The molecule has 4 aliphatic carbocycles. The third-order valence-electron chi connectivity index (χ3n) is 7.80. The fourth-order valence-corrected chi connectivity index (χ4v) is 6.65. The highest BCUT2D eigenvalue weighted by molar-refractivity contribution is 5.45. The lowest BCUT2D eigenvalue weighted by atomic mass is 9.58. The van der Waals surface area contributed by atoms with E-state index in [0.29, 0.717) is 17.4 Å². The molecular formula is C22H32O3. The normalized spacial score (nSPS) is 42.2. The van der Waals surface area contributed by atoms with Crippen LogP contribution >= 0.6 is 0 Å². The second-order valence-electron chi connectivity index (χ2n) is 9.11. The predicted octanol–water partition coefficient (Wildman–Crippen LogP) is 4.77. The van der Waals surface area contributed by atoms with Gasteiger partial charge < -0.3 is 14.2 Å². The molecule has 0 radical (unpaired) electrons. The van der Waals surface area contributed by atoms with E-state index in [4.69, 9.17) is 14.2 Å². The van der Waals surface area contributed by atoms with Crippen LogP contribution in [-0.4, -0.2) is 31.7 Å². The number of rotatable bonds is 2. The maximum Gasteiger partial charge on any atom is 0.172 e. The number of hydrogen-bond acceptors (Lipinski definition) is 3. The minimum absolute atomic E-state index is 0.320. The molecule has 3 heteroatoms. The fraction of sp³-hybridized carbons (Fsp3) is 0.818. The van der Waals surface area contributed by atoms with E-state index < -0.39 is 0 Å². The van der Waals surface area contributed by atoms with Crippen LogP contribution in [0.2, 0.25) is 0 Å². The van der Waals surface area contributed by atoms with Crippen LogP contribution in [0.15, 0.2) is 22.8 Å². The maximum atomic E-state index is 6.35. The van der Waals surface area contributed by atoms with Crippen molar-refractivity contribution in [2.75, 3.05) is 19.8 Å². The highest BCUT2D eigenvalue weighted by atomic mass is 16.7. The first-order valence-electron chi connectivity index (χ1n) is 10.4. The minimum Gasteiger partial charge on any atom is -0.378 e. The molecule has 138 valence electrons. The molecule has 0 N–H and O–H groups in total. The van der Waals surface area contributed by atoms with E-state index >= 15 is 0 Å². The molecule has 5 aliphatic rings. The summed E-state index contributed by atoms with van der Waals surface area (Å²) in [7, 11) is 0. The molecule has 25 heavy (non-hydrogen) atoms. The lowest BCUT2D eigenvalue weighted by molar-refractivity contribution is -0.165. The van der Waals surface area contributed by atoms with Crippen LogP contribution in [0.25, 0.3) is 0 Å². The summed E-state index contributed by atoms with van der Waals surface area (Å²) < 4.78 is 18.4. The number of allylic oxidation sites excluding steroid dienone is 2. The lowest BCUT2D eigenvalue weighted by Crippen LogP contribution is -2.45. The molecule has 0 amide bonds. The van der Waals surface area contributed by atoms with Crippen LogP contribution in [-0.2, 0) is 14.2 Å². The van der Waals surface area contributed by atoms with Crippen molar-refractivity contribution < 1.29 is 14.2 Å². The van der Waals surface area contributed by atoms with Crippen molar-refractivity contribution >= 4 is 0 Å². The summed E-state index contributed by atoms with van der Waals surface area (Å²) in [5, 5.41) is 0. The molecule has 5 rings (SSSR count). The van der Waals surface area contributed by atoms with Gasteiger partial charge in [0.15, 0.2) is 5.79 Å². The Balaban J connectivity index is 1.52. The van der Waals surface area contributed by atoms with Crippen LogP contribution < -0.4 is 0 Å². The third-order valence-corrected chi connectivity index (χ3v) is 7.80. The number of fused-ring (bicyclic) bond motifs is 4. The Morgan fingerprint density at radius 2 is 2.08 bits per heavy atom. The van der Waals surface area contributed by atoms with E-state index in [9.17, 15) is 0 Å². The van der Waals surface area contributed by atoms with Crippen LogP contribution in [0, 0.1) is 17.3 Å².